The number of allylic oxidation sites excluding steroid dienone is 4. The van der Waals surface area contributed by atoms with Crippen LogP contribution in [0, 0.1) is 6.92 Å². The van der Waals surface area contributed by atoms with Crippen molar-refractivity contribution < 1.29 is 0 Å². The van der Waals surface area contributed by atoms with Crippen molar-refractivity contribution in [3.8, 4) is 0 Å². The highest BCUT2D eigenvalue weighted by Crippen LogP contribution is 2.37. The molecule has 0 amide bonds. The molecule has 0 fully saturated rings. The molecule has 0 N–H and O–H groups in total. The zero-order chi connectivity index (χ0) is 18.9. The molecule has 3 aromatic rings. The Morgan fingerprint density at radius 3 is 2.61 bits per heavy atom. The van der Waals surface area contributed by atoms with E-state index in [0.717, 1.165) is 6.42 Å². The molecular weight excluding hydrogens is 338 g/mol. The summed E-state index contributed by atoms with van der Waals surface area (Å²) in [5.41, 5.74) is 6.72. The summed E-state index contributed by atoms with van der Waals surface area (Å²) in [5, 5.41) is 2.57. The average Bonchev–Trinajstić information content (AvgIpc) is 2.74. The van der Waals surface area contributed by atoms with Crippen LogP contribution in [0.4, 0.5) is 11.4 Å². The van der Waals surface area contributed by atoms with Gasteiger partial charge in [0.2, 0.25) is 0 Å². The maximum absolute atomic E-state index is 2.50. The fourth-order valence-corrected chi connectivity index (χ4v) is 4.44. The molecule has 2 aliphatic rings. The van der Waals surface area contributed by atoms with Gasteiger partial charge in [0.05, 0.1) is 6.04 Å². The van der Waals surface area contributed by atoms with Crippen LogP contribution in [0.2, 0.25) is 0 Å². The minimum atomic E-state index is 0.324. The van der Waals surface area contributed by atoms with Crippen LogP contribution in [-0.2, 0) is 0 Å². The van der Waals surface area contributed by atoms with Gasteiger partial charge in [0.15, 0.2) is 0 Å². The van der Waals surface area contributed by atoms with Gasteiger partial charge in [-0.05, 0) is 77.9 Å². The van der Waals surface area contributed by atoms with Gasteiger partial charge in [-0.15, -0.1) is 0 Å². The molecule has 0 saturated carbocycles. The third-order valence-electron chi connectivity index (χ3n) is 5.85. The van der Waals surface area contributed by atoms with Gasteiger partial charge in [-0.3, -0.25) is 0 Å². The Morgan fingerprint density at radius 1 is 0.857 bits per heavy atom. The number of rotatable bonds is 3. The standard InChI is InChI=1S/C27H25N/c1-20-7-6-12-25(17-20)28(26-15-13-21-8-2-4-10-23(21)18-26)27-16-14-22-9-3-5-11-24(22)19-27/h2,4-8,10-15,17-19,27H,3,9,16H2,1H3. The van der Waals surface area contributed by atoms with Crippen LogP contribution in [0.25, 0.3) is 10.8 Å². The van der Waals surface area contributed by atoms with E-state index in [9.17, 15) is 0 Å². The van der Waals surface area contributed by atoms with E-state index in [1.165, 1.54) is 51.7 Å². The molecule has 28 heavy (non-hydrogen) atoms. The van der Waals surface area contributed by atoms with Gasteiger partial charge in [0.25, 0.3) is 0 Å². The SMILES string of the molecule is Cc1cccc(N(c2ccc3ccccc3c2)C2C=C3C=CCCC3=CC2)c1. The number of nitrogens with zero attached hydrogens (tertiary/aromatic N) is 1. The summed E-state index contributed by atoms with van der Waals surface area (Å²) < 4.78 is 0. The van der Waals surface area contributed by atoms with Gasteiger partial charge in [0.1, 0.15) is 0 Å². The van der Waals surface area contributed by atoms with Gasteiger partial charge >= 0.3 is 0 Å². The van der Waals surface area contributed by atoms with Crippen molar-refractivity contribution >= 4 is 22.1 Å². The summed E-state index contributed by atoms with van der Waals surface area (Å²) in [6, 6.07) is 24.6. The molecule has 0 bridgehead atoms. The lowest BCUT2D eigenvalue weighted by Crippen LogP contribution is -2.31. The summed E-state index contributed by atoms with van der Waals surface area (Å²) in [5.74, 6) is 0. The molecule has 0 aliphatic heterocycles. The summed E-state index contributed by atoms with van der Waals surface area (Å²) >= 11 is 0. The summed E-state index contributed by atoms with van der Waals surface area (Å²) in [7, 11) is 0. The molecule has 2 aliphatic carbocycles. The highest BCUT2D eigenvalue weighted by Gasteiger charge is 2.23. The lowest BCUT2D eigenvalue weighted by molar-refractivity contribution is 0.761. The molecule has 1 nitrogen and oxygen atoms in total. The second-order valence-corrected chi connectivity index (χ2v) is 7.84. The predicted molar refractivity (Wildman–Crippen MR) is 120 cm³/mol. The highest BCUT2D eigenvalue weighted by atomic mass is 15.2. The Balaban J connectivity index is 1.63. The minimum Gasteiger partial charge on any atom is -0.334 e. The number of hydrogen-bond acceptors (Lipinski definition) is 1. The first-order chi connectivity index (χ1) is 13.8. The van der Waals surface area contributed by atoms with Crippen molar-refractivity contribution in [2.45, 2.75) is 32.2 Å². The van der Waals surface area contributed by atoms with E-state index in [1.807, 2.05) is 0 Å². The first-order valence-corrected chi connectivity index (χ1v) is 10.2. The van der Waals surface area contributed by atoms with Gasteiger partial charge in [0, 0.05) is 11.4 Å². The molecule has 5 rings (SSSR count). The fraction of sp³-hybridized carbons (Fsp3) is 0.185. The van der Waals surface area contributed by atoms with Crippen LogP contribution in [-0.4, -0.2) is 6.04 Å². The number of benzene rings is 3. The highest BCUT2D eigenvalue weighted by molar-refractivity contribution is 5.87. The molecule has 138 valence electrons. The van der Waals surface area contributed by atoms with Crippen LogP contribution in [0.5, 0.6) is 0 Å². The van der Waals surface area contributed by atoms with E-state index < -0.39 is 0 Å². The normalized spacial score (nSPS) is 18.4. The molecule has 0 aromatic heterocycles. The lowest BCUT2D eigenvalue weighted by atomic mass is 9.87. The summed E-state index contributed by atoms with van der Waals surface area (Å²) in [6.07, 6.45) is 12.9. The third kappa shape index (κ3) is 3.18. The molecule has 0 spiro atoms. The molecule has 0 saturated heterocycles. The molecule has 0 radical (unpaired) electrons. The molecule has 1 atom stereocenters. The quantitative estimate of drug-likeness (QED) is 0.473. The van der Waals surface area contributed by atoms with Gasteiger partial charge < -0.3 is 4.90 Å². The van der Waals surface area contributed by atoms with Crippen molar-refractivity contribution in [1.82, 2.24) is 0 Å². The summed E-state index contributed by atoms with van der Waals surface area (Å²) in [4.78, 5) is 2.50. The first-order valence-electron chi connectivity index (χ1n) is 10.2. The molecule has 3 aromatic carbocycles. The lowest BCUT2D eigenvalue weighted by Gasteiger charge is -2.35. The van der Waals surface area contributed by atoms with Crippen molar-refractivity contribution in [1.29, 1.82) is 0 Å². The molecule has 1 unspecified atom stereocenters. The second-order valence-electron chi connectivity index (χ2n) is 7.84. The first kappa shape index (κ1) is 17.1. The fourth-order valence-electron chi connectivity index (χ4n) is 4.44. The van der Waals surface area contributed by atoms with Crippen LogP contribution in [0.1, 0.15) is 24.8 Å². The average molecular weight is 364 g/mol. The molecule has 0 heterocycles. The van der Waals surface area contributed by atoms with E-state index in [1.54, 1.807) is 0 Å². The molecular formula is C27H25N. The van der Waals surface area contributed by atoms with Crippen molar-refractivity contribution in [3.63, 3.8) is 0 Å². The van der Waals surface area contributed by atoms with Gasteiger partial charge in [-0.25, -0.2) is 0 Å². The summed E-state index contributed by atoms with van der Waals surface area (Å²) in [6.45, 7) is 2.17. The van der Waals surface area contributed by atoms with E-state index in [0.29, 0.717) is 6.04 Å². The van der Waals surface area contributed by atoms with Gasteiger partial charge in [-0.2, -0.15) is 0 Å². The second kappa shape index (κ2) is 7.16. The van der Waals surface area contributed by atoms with Crippen LogP contribution >= 0.6 is 0 Å². The smallest absolute Gasteiger partial charge is 0.0565 e. The number of aryl methyl sites for hydroxylation is 1. The minimum absolute atomic E-state index is 0.324. The number of hydrogen-bond donors (Lipinski definition) is 0. The number of fused-ring (bicyclic) bond motifs is 2. The zero-order valence-electron chi connectivity index (χ0n) is 16.3. The maximum Gasteiger partial charge on any atom is 0.0565 e. The Bertz CT molecular complexity index is 1120. The van der Waals surface area contributed by atoms with Crippen LogP contribution in [0.3, 0.4) is 0 Å². The Morgan fingerprint density at radius 2 is 1.71 bits per heavy atom. The van der Waals surface area contributed by atoms with Gasteiger partial charge in [-0.1, -0.05) is 66.8 Å². The van der Waals surface area contributed by atoms with Crippen molar-refractivity contribution in [2.75, 3.05) is 4.90 Å². The predicted octanol–water partition coefficient (Wildman–Crippen LogP) is 7.26. The zero-order valence-corrected chi connectivity index (χ0v) is 16.3. The third-order valence-corrected chi connectivity index (χ3v) is 5.85. The van der Waals surface area contributed by atoms with Crippen LogP contribution in [0.15, 0.2) is 102 Å². The largest absolute Gasteiger partial charge is 0.334 e. The molecule has 1 heteroatoms. The van der Waals surface area contributed by atoms with E-state index in [-0.39, 0.29) is 0 Å². The van der Waals surface area contributed by atoms with Crippen molar-refractivity contribution in [2.24, 2.45) is 0 Å². The monoisotopic (exact) mass is 363 g/mol. The maximum atomic E-state index is 2.50. The Hall–Kier alpha value is -3.06. The topological polar surface area (TPSA) is 3.24 Å². The van der Waals surface area contributed by atoms with Crippen LogP contribution < -0.4 is 4.90 Å². The Kier molecular flexibility index (Phi) is 4.37. The Labute approximate surface area is 167 Å². The number of anilines is 2. The van der Waals surface area contributed by atoms with E-state index in [2.05, 4.69) is 103 Å². The van der Waals surface area contributed by atoms with E-state index >= 15 is 0 Å². The van der Waals surface area contributed by atoms with Crippen molar-refractivity contribution in [3.05, 3.63) is 108 Å². The van der Waals surface area contributed by atoms with E-state index in [4.69, 9.17) is 0 Å².